The van der Waals surface area contributed by atoms with E-state index in [4.69, 9.17) is 0 Å². The molecule has 164 valence electrons. The van der Waals surface area contributed by atoms with Crippen LogP contribution in [0.25, 0.3) is 0 Å². The third-order valence-electron chi connectivity index (χ3n) is 5.58. The Morgan fingerprint density at radius 1 is 0.353 bits per heavy atom. The van der Waals surface area contributed by atoms with Crippen molar-refractivity contribution in [2.24, 2.45) is 0 Å². The molecule has 0 unspecified atom stereocenters. The normalized spacial score (nSPS) is 13.2. The molecule has 0 aliphatic heterocycles. The monoisotopic (exact) mass is 442 g/mol. The van der Waals surface area contributed by atoms with E-state index in [2.05, 4.69) is 0 Å². The number of carbonyl (C=O) groups excluding carboxylic acids is 2. The van der Waals surface area contributed by atoms with Crippen LogP contribution in [0.15, 0.2) is 145 Å². The number of ketones is 2. The summed E-state index contributed by atoms with van der Waals surface area (Å²) in [7, 11) is 0. The maximum Gasteiger partial charge on any atom is 0.204 e. The molecular weight excluding hydrogens is 420 g/mol. The van der Waals surface area contributed by atoms with Gasteiger partial charge in [0, 0.05) is 34.9 Å². The highest BCUT2D eigenvalue weighted by molar-refractivity contribution is 6.23. The number of carbonyl (C=O) groups is 2. The molecule has 0 N–H and O–H groups in total. The molecule has 0 spiro atoms. The van der Waals surface area contributed by atoms with Crippen molar-refractivity contribution >= 4 is 34.3 Å². The smallest absolute Gasteiger partial charge is 0.204 e. The summed E-state index contributed by atoms with van der Waals surface area (Å²) >= 11 is 0. The van der Waals surface area contributed by atoms with Crippen molar-refractivity contribution in [1.82, 2.24) is 0 Å². The van der Waals surface area contributed by atoms with Crippen LogP contribution < -0.4 is 9.80 Å². The molecule has 1 aliphatic rings. The van der Waals surface area contributed by atoms with E-state index in [9.17, 15) is 9.59 Å². The van der Waals surface area contributed by atoms with Gasteiger partial charge in [0.2, 0.25) is 11.6 Å². The third kappa shape index (κ3) is 4.17. The maximum atomic E-state index is 13.5. The fraction of sp³-hybridized carbons (Fsp3) is 0. The van der Waals surface area contributed by atoms with E-state index in [1.807, 2.05) is 131 Å². The lowest BCUT2D eigenvalue weighted by molar-refractivity contribution is -0.115. The molecule has 4 aromatic rings. The second-order valence-electron chi connectivity index (χ2n) is 7.80. The molecule has 0 heterocycles. The van der Waals surface area contributed by atoms with Gasteiger partial charge in [-0.05, 0) is 48.5 Å². The van der Waals surface area contributed by atoms with Crippen molar-refractivity contribution in [2.75, 3.05) is 9.80 Å². The molecule has 4 heteroatoms. The number of benzene rings is 4. The predicted molar refractivity (Wildman–Crippen MR) is 136 cm³/mol. The molecule has 0 saturated carbocycles. The van der Waals surface area contributed by atoms with Gasteiger partial charge in [-0.15, -0.1) is 0 Å². The van der Waals surface area contributed by atoms with Crippen molar-refractivity contribution in [1.29, 1.82) is 0 Å². The minimum atomic E-state index is -0.237. The van der Waals surface area contributed by atoms with E-state index < -0.39 is 0 Å². The molecule has 0 atom stereocenters. The highest BCUT2D eigenvalue weighted by Gasteiger charge is 2.30. The number of allylic oxidation sites excluding steroid dienone is 2. The fourth-order valence-electron chi connectivity index (χ4n) is 4.05. The van der Waals surface area contributed by atoms with Crippen LogP contribution in [0.1, 0.15) is 0 Å². The standard InChI is InChI=1S/C30H22N2O2/c33-29-22-28(32(25-17-9-3-10-18-25)26-19-11-4-12-20-26)30(34)21-27(29)31(23-13-5-1-6-14-23)24-15-7-2-8-16-24/h1-22H. The summed E-state index contributed by atoms with van der Waals surface area (Å²) in [5.74, 6) is -0.474. The Morgan fingerprint density at radius 3 is 0.824 bits per heavy atom. The number of para-hydroxylation sites is 4. The summed E-state index contributed by atoms with van der Waals surface area (Å²) in [6.07, 6.45) is 2.88. The molecule has 0 amide bonds. The minimum absolute atomic E-state index is 0.237. The van der Waals surface area contributed by atoms with Gasteiger partial charge < -0.3 is 9.80 Å². The molecule has 0 fully saturated rings. The van der Waals surface area contributed by atoms with E-state index in [0.29, 0.717) is 11.4 Å². The molecule has 0 radical (unpaired) electrons. The third-order valence-corrected chi connectivity index (χ3v) is 5.58. The van der Waals surface area contributed by atoms with Gasteiger partial charge in [-0.2, -0.15) is 0 Å². The van der Waals surface area contributed by atoms with Crippen LogP contribution in [-0.2, 0) is 9.59 Å². The summed E-state index contributed by atoms with van der Waals surface area (Å²) in [4.78, 5) is 30.7. The molecule has 1 aliphatic carbocycles. The summed E-state index contributed by atoms with van der Waals surface area (Å²) < 4.78 is 0. The van der Waals surface area contributed by atoms with E-state index in [1.165, 1.54) is 12.2 Å². The van der Waals surface area contributed by atoms with Crippen LogP contribution >= 0.6 is 0 Å². The van der Waals surface area contributed by atoms with Gasteiger partial charge in [-0.3, -0.25) is 9.59 Å². The van der Waals surface area contributed by atoms with E-state index >= 15 is 0 Å². The van der Waals surface area contributed by atoms with E-state index in [-0.39, 0.29) is 11.6 Å². The first-order valence-electron chi connectivity index (χ1n) is 11.0. The molecule has 34 heavy (non-hydrogen) atoms. The van der Waals surface area contributed by atoms with Gasteiger partial charge in [0.05, 0.1) is 11.4 Å². The number of hydrogen-bond acceptors (Lipinski definition) is 4. The Balaban J connectivity index is 1.59. The Hall–Kier alpha value is -4.70. The van der Waals surface area contributed by atoms with Crippen LogP contribution in [0.5, 0.6) is 0 Å². The highest BCUT2D eigenvalue weighted by atomic mass is 16.1. The molecule has 0 aromatic heterocycles. The molecule has 5 rings (SSSR count). The Labute approximate surface area is 198 Å². The van der Waals surface area contributed by atoms with Crippen molar-refractivity contribution in [3.63, 3.8) is 0 Å². The second kappa shape index (κ2) is 9.43. The Kier molecular flexibility index (Phi) is 5.87. The van der Waals surface area contributed by atoms with Crippen LogP contribution in [0.4, 0.5) is 22.7 Å². The minimum Gasteiger partial charge on any atom is -0.307 e. The lowest BCUT2D eigenvalue weighted by Crippen LogP contribution is -2.31. The summed E-state index contributed by atoms with van der Waals surface area (Å²) in [6, 6.07) is 38.3. The average Bonchev–Trinajstić information content (AvgIpc) is 2.90. The molecule has 0 bridgehead atoms. The summed E-state index contributed by atoms with van der Waals surface area (Å²) in [5.41, 5.74) is 3.85. The van der Waals surface area contributed by atoms with E-state index in [1.54, 1.807) is 0 Å². The van der Waals surface area contributed by atoms with Gasteiger partial charge in [-0.25, -0.2) is 0 Å². The predicted octanol–water partition coefficient (Wildman–Crippen LogP) is 6.58. The van der Waals surface area contributed by atoms with E-state index in [0.717, 1.165) is 22.7 Å². The van der Waals surface area contributed by atoms with Crippen molar-refractivity contribution in [2.45, 2.75) is 0 Å². The first-order chi connectivity index (χ1) is 16.7. The molecule has 0 saturated heterocycles. The highest BCUT2D eigenvalue weighted by Crippen LogP contribution is 2.35. The quantitative estimate of drug-likeness (QED) is 0.316. The Bertz CT molecular complexity index is 1170. The van der Waals surface area contributed by atoms with Crippen LogP contribution in [0.3, 0.4) is 0 Å². The van der Waals surface area contributed by atoms with Crippen LogP contribution in [0, 0.1) is 0 Å². The van der Waals surface area contributed by atoms with Crippen LogP contribution in [0.2, 0.25) is 0 Å². The van der Waals surface area contributed by atoms with Crippen molar-refractivity contribution in [3.8, 4) is 0 Å². The first kappa shape index (κ1) is 21.2. The van der Waals surface area contributed by atoms with Gasteiger partial charge in [0.15, 0.2) is 0 Å². The molecule has 4 nitrogen and oxygen atoms in total. The number of hydrogen-bond donors (Lipinski definition) is 0. The zero-order valence-corrected chi connectivity index (χ0v) is 18.4. The lowest BCUT2D eigenvalue weighted by atomic mass is 10.0. The van der Waals surface area contributed by atoms with Crippen LogP contribution in [-0.4, -0.2) is 11.6 Å². The first-order valence-corrected chi connectivity index (χ1v) is 11.0. The zero-order chi connectivity index (χ0) is 23.3. The number of rotatable bonds is 6. The Morgan fingerprint density at radius 2 is 0.588 bits per heavy atom. The SMILES string of the molecule is O=C1C=C(N(c2ccccc2)c2ccccc2)C(=O)C=C1N(c1ccccc1)c1ccccc1. The van der Waals surface area contributed by atoms with Gasteiger partial charge in [-0.1, -0.05) is 72.8 Å². The topological polar surface area (TPSA) is 40.6 Å². The van der Waals surface area contributed by atoms with Crippen molar-refractivity contribution < 1.29 is 9.59 Å². The number of anilines is 4. The molecular formula is C30H22N2O2. The van der Waals surface area contributed by atoms with Gasteiger partial charge in [0.1, 0.15) is 0 Å². The lowest BCUT2D eigenvalue weighted by Gasteiger charge is -2.31. The fourth-order valence-corrected chi connectivity index (χ4v) is 4.05. The zero-order valence-electron chi connectivity index (χ0n) is 18.4. The molecule has 4 aromatic carbocycles. The summed E-state index contributed by atoms with van der Waals surface area (Å²) in [6.45, 7) is 0. The summed E-state index contributed by atoms with van der Waals surface area (Å²) in [5, 5.41) is 0. The average molecular weight is 443 g/mol. The largest absolute Gasteiger partial charge is 0.307 e. The number of nitrogens with zero attached hydrogens (tertiary/aromatic N) is 2. The van der Waals surface area contributed by atoms with Crippen molar-refractivity contribution in [3.05, 3.63) is 145 Å². The van der Waals surface area contributed by atoms with Gasteiger partial charge >= 0.3 is 0 Å². The maximum absolute atomic E-state index is 13.5. The second-order valence-corrected chi connectivity index (χ2v) is 7.80. The van der Waals surface area contributed by atoms with Gasteiger partial charge in [0.25, 0.3) is 0 Å².